The predicted octanol–water partition coefficient (Wildman–Crippen LogP) is -0.0371. The van der Waals surface area contributed by atoms with E-state index in [1.807, 2.05) is 0 Å². The van der Waals surface area contributed by atoms with Gasteiger partial charge in [-0.15, -0.1) is 0 Å². The van der Waals surface area contributed by atoms with Crippen molar-refractivity contribution in [2.24, 2.45) is 0 Å². The van der Waals surface area contributed by atoms with Gasteiger partial charge >= 0.3 is 0 Å². The van der Waals surface area contributed by atoms with E-state index in [0.29, 0.717) is 0 Å². The van der Waals surface area contributed by atoms with E-state index in [1.165, 1.54) is 0 Å². The van der Waals surface area contributed by atoms with E-state index < -0.39 is 5.97 Å². The predicted molar refractivity (Wildman–Crippen MR) is 43.1 cm³/mol. The van der Waals surface area contributed by atoms with Gasteiger partial charge in [0.15, 0.2) is 0 Å². The summed E-state index contributed by atoms with van der Waals surface area (Å²) < 4.78 is 0. The molecule has 0 aromatic carbocycles. The van der Waals surface area contributed by atoms with Crippen LogP contribution >= 0.6 is 0 Å². The van der Waals surface area contributed by atoms with Crippen LogP contribution in [0.4, 0.5) is 0 Å². The molecule has 0 fully saturated rings. The van der Waals surface area contributed by atoms with Gasteiger partial charge < -0.3 is 15.7 Å². The molecule has 8 heteroatoms. The molecule has 0 aromatic rings. The Morgan fingerprint density at radius 2 is 1.23 bits per heavy atom. The van der Waals surface area contributed by atoms with Gasteiger partial charge in [-0.3, -0.25) is 4.79 Å². The van der Waals surface area contributed by atoms with Crippen molar-refractivity contribution in [1.82, 2.24) is 0 Å². The van der Waals surface area contributed by atoms with E-state index in [4.69, 9.17) is 24.9 Å². The molecule has 0 saturated heterocycles. The molecule has 0 aliphatic carbocycles. The zero-order valence-electron chi connectivity index (χ0n) is 6.46. The maximum Gasteiger partial charge on any atom is 0.300 e. The van der Waals surface area contributed by atoms with Crippen molar-refractivity contribution in [3.8, 4) is 0 Å². The SMILES string of the molecule is C.CC(=O)O.CCO.O.O=O.[Pt].[Pt]. The number of carboxylic acid groups (broad SMARTS) is 1. The quantitative estimate of drug-likeness (QED) is 0.429. The van der Waals surface area contributed by atoms with Crippen molar-refractivity contribution in [2.75, 3.05) is 6.61 Å². The van der Waals surface area contributed by atoms with Gasteiger partial charge in [-0.05, 0) is 6.92 Å². The molecule has 0 aliphatic heterocycles. The molecule has 4 N–H and O–H groups in total. The Balaban J connectivity index is -0.00000000749. The summed E-state index contributed by atoms with van der Waals surface area (Å²) in [5.74, 6) is -0.833. The normalized spacial score (nSPS) is 3.62. The van der Waals surface area contributed by atoms with Crippen LogP contribution in [0.2, 0.25) is 0 Å². The molecule has 92 valence electrons. The number of aliphatic hydroxyl groups excluding tert-OH is 1. The topological polar surface area (TPSA) is 123 Å². The molecule has 13 heavy (non-hydrogen) atoms. The van der Waals surface area contributed by atoms with Crippen molar-refractivity contribution >= 4 is 5.97 Å². The largest absolute Gasteiger partial charge is 0.481 e. The van der Waals surface area contributed by atoms with Gasteiger partial charge in [-0.1, -0.05) is 7.43 Å². The first-order valence-corrected chi connectivity index (χ1v) is 2.12. The fraction of sp³-hybridized carbons (Fsp3) is 0.800. The van der Waals surface area contributed by atoms with Gasteiger partial charge in [-0.25, -0.2) is 0 Å². The number of aliphatic carboxylic acids is 1. The van der Waals surface area contributed by atoms with Crippen molar-refractivity contribution in [2.45, 2.75) is 21.3 Å². The number of hydrogen-bond donors (Lipinski definition) is 2. The van der Waals surface area contributed by atoms with Crippen LogP contribution < -0.4 is 0 Å². The molecule has 0 rings (SSSR count). The summed E-state index contributed by atoms with van der Waals surface area (Å²) in [7, 11) is 0. The molecule has 0 aliphatic rings. The third kappa shape index (κ3) is 9890. The Labute approximate surface area is 106 Å². The summed E-state index contributed by atoms with van der Waals surface area (Å²) >= 11 is 0. The third-order valence-corrected chi connectivity index (χ3v) is 0. The minimum atomic E-state index is -0.833. The summed E-state index contributed by atoms with van der Waals surface area (Å²) in [4.78, 5) is 23.0. The number of rotatable bonds is 0. The molecule has 0 unspecified atom stereocenters. The van der Waals surface area contributed by atoms with Gasteiger partial charge in [0.05, 0.1) is 0 Å². The Kier molecular flexibility index (Phi) is 325. The number of hydrogen-bond acceptors (Lipinski definition) is 4. The Morgan fingerprint density at radius 3 is 1.23 bits per heavy atom. The standard InChI is InChI=1S/C2H4O2.C2H6O.CH4.O2.H2O.2Pt/c1-2(3)4;1-2-3;;1-2;;;/h1H3,(H,3,4);3H,2H2,1H3;1H4;;1H2;;. The van der Waals surface area contributed by atoms with E-state index in [2.05, 4.69) is 0 Å². The van der Waals surface area contributed by atoms with Crippen LogP contribution in [-0.4, -0.2) is 28.3 Å². The molecule has 0 bridgehead atoms. The van der Waals surface area contributed by atoms with Crippen LogP contribution in [0.25, 0.3) is 0 Å². The summed E-state index contributed by atoms with van der Waals surface area (Å²) in [6.07, 6.45) is 0. The summed E-state index contributed by atoms with van der Waals surface area (Å²) in [5.41, 5.74) is 0. The zero-order valence-corrected chi connectivity index (χ0v) is 11.0. The van der Waals surface area contributed by atoms with Crippen LogP contribution in [0, 0.1) is 9.93 Å². The summed E-state index contributed by atoms with van der Waals surface area (Å²) in [6, 6.07) is 0. The van der Waals surface area contributed by atoms with Crippen LogP contribution in [0.3, 0.4) is 0 Å². The molecular formula is C5H16O6Pt2. The van der Waals surface area contributed by atoms with E-state index in [1.54, 1.807) is 6.92 Å². The Bertz CT molecular complexity index is 59.0. The molecule has 0 saturated carbocycles. The maximum absolute atomic E-state index is 9.00. The van der Waals surface area contributed by atoms with E-state index in [0.717, 1.165) is 6.92 Å². The fourth-order valence-corrected chi connectivity index (χ4v) is 0. The molecule has 0 heterocycles. The second-order valence-corrected chi connectivity index (χ2v) is 0.835. The number of aliphatic hydroxyl groups is 1. The van der Waals surface area contributed by atoms with Gasteiger partial charge in [0, 0.05) is 65.6 Å². The monoisotopic (exact) mass is 562 g/mol. The van der Waals surface area contributed by atoms with Gasteiger partial charge in [-0.2, -0.15) is 0 Å². The van der Waals surface area contributed by atoms with Gasteiger partial charge in [0.25, 0.3) is 5.97 Å². The van der Waals surface area contributed by atoms with Crippen molar-refractivity contribution < 1.29 is 62.6 Å². The Hall–Kier alpha value is 0.367. The molecule has 0 radical (unpaired) electrons. The third-order valence-electron chi connectivity index (χ3n) is 0. The van der Waals surface area contributed by atoms with E-state index >= 15 is 0 Å². The first kappa shape index (κ1) is 50.4. The zero-order chi connectivity index (χ0) is 8.28. The van der Waals surface area contributed by atoms with E-state index in [-0.39, 0.29) is 61.6 Å². The minimum absolute atomic E-state index is 0. The van der Waals surface area contributed by atoms with Gasteiger partial charge in [0.2, 0.25) is 0 Å². The second kappa shape index (κ2) is 83.8. The molecule has 0 aromatic heterocycles. The molecule has 6 nitrogen and oxygen atoms in total. The number of carbonyl (C=O) groups is 1. The van der Waals surface area contributed by atoms with Crippen LogP contribution in [0.5, 0.6) is 0 Å². The summed E-state index contributed by atoms with van der Waals surface area (Å²) in [5, 5.41) is 15.0. The van der Waals surface area contributed by atoms with Crippen molar-refractivity contribution in [3.63, 3.8) is 0 Å². The fourth-order valence-electron chi connectivity index (χ4n) is 0. The molecule has 0 amide bonds. The van der Waals surface area contributed by atoms with E-state index in [9.17, 15) is 0 Å². The second-order valence-electron chi connectivity index (χ2n) is 0.835. The maximum atomic E-state index is 9.00. The Morgan fingerprint density at radius 1 is 1.23 bits per heavy atom. The average molecular weight is 562 g/mol. The minimum Gasteiger partial charge on any atom is -0.481 e. The molecular weight excluding hydrogens is 546 g/mol. The number of carboxylic acids is 1. The van der Waals surface area contributed by atoms with Crippen LogP contribution in [-0.2, 0) is 46.9 Å². The van der Waals surface area contributed by atoms with Crippen molar-refractivity contribution in [1.29, 1.82) is 0 Å². The first-order valence-electron chi connectivity index (χ1n) is 2.12. The smallest absolute Gasteiger partial charge is 0.300 e. The van der Waals surface area contributed by atoms with Crippen molar-refractivity contribution in [3.05, 3.63) is 9.93 Å². The molecule has 0 spiro atoms. The average Bonchev–Trinajstić information content (AvgIpc) is 1.71. The molecule has 0 atom stereocenters. The summed E-state index contributed by atoms with van der Waals surface area (Å²) in [6.45, 7) is 3.01. The van der Waals surface area contributed by atoms with Gasteiger partial charge in [0.1, 0.15) is 0 Å². The first-order chi connectivity index (χ1) is 4.15. The van der Waals surface area contributed by atoms with Crippen LogP contribution in [0.1, 0.15) is 21.3 Å². The van der Waals surface area contributed by atoms with Crippen LogP contribution in [0.15, 0.2) is 0 Å².